The topological polar surface area (TPSA) is 75.7 Å². The number of nitrogens with zero attached hydrogens (tertiary/aromatic N) is 1. The van der Waals surface area contributed by atoms with E-state index in [9.17, 15) is 13.2 Å². The molecule has 4 rings (SSSR count). The molecule has 0 saturated carbocycles. The molecule has 0 aliphatic rings. The van der Waals surface area contributed by atoms with E-state index in [0.29, 0.717) is 17.2 Å². The number of anilines is 1. The first-order valence-electron chi connectivity index (χ1n) is 12.0. The van der Waals surface area contributed by atoms with Crippen LogP contribution in [0.25, 0.3) is 0 Å². The van der Waals surface area contributed by atoms with Gasteiger partial charge >= 0.3 is 0 Å². The summed E-state index contributed by atoms with van der Waals surface area (Å²) < 4.78 is 32.6. The van der Waals surface area contributed by atoms with Crippen molar-refractivity contribution in [3.8, 4) is 11.5 Å². The van der Waals surface area contributed by atoms with Crippen molar-refractivity contribution in [2.24, 2.45) is 0 Å². The number of ether oxygens (including phenoxy) is 1. The van der Waals surface area contributed by atoms with E-state index in [0.717, 1.165) is 27.3 Å². The van der Waals surface area contributed by atoms with Gasteiger partial charge in [-0.15, -0.1) is 0 Å². The molecular formula is C30H30N2O4S. The van der Waals surface area contributed by atoms with Crippen LogP contribution in [0.3, 0.4) is 0 Å². The lowest BCUT2D eigenvalue weighted by atomic mass is 9.97. The fourth-order valence-electron chi connectivity index (χ4n) is 4.12. The Labute approximate surface area is 218 Å². The number of para-hydroxylation sites is 1. The Balaban J connectivity index is 1.59. The molecule has 0 unspecified atom stereocenters. The zero-order valence-electron chi connectivity index (χ0n) is 21.0. The molecule has 6 nitrogen and oxygen atoms in total. The Morgan fingerprint density at radius 3 is 1.84 bits per heavy atom. The third-order valence-electron chi connectivity index (χ3n) is 5.99. The van der Waals surface area contributed by atoms with Gasteiger partial charge in [0.2, 0.25) is 15.9 Å². The first kappa shape index (κ1) is 26.0. The van der Waals surface area contributed by atoms with Crippen molar-refractivity contribution >= 4 is 21.6 Å². The maximum absolute atomic E-state index is 13.5. The fraction of sp³-hybridized carbons (Fsp3) is 0.167. The Bertz CT molecular complexity index is 1420. The molecule has 0 saturated heterocycles. The smallest absolute Gasteiger partial charge is 0.244 e. The average Bonchev–Trinajstić information content (AvgIpc) is 2.89. The molecule has 1 N–H and O–H groups in total. The van der Waals surface area contributed by atoms with Gasteiger partial charge in [-0.2, -0.15) is 0 Å². The summed E-state index contributed by atoms with van der Waals surface area (Å²) in [4.78, 5) is 13.5. The van der Waals surface area contributed by atoms with Crippen molar-refractivity contribution < 1.29 is 17.9 Å². The molecule has 4 aromatic carbocycles. The van der Waals surface area contributed by atoms with Gasteiger partial charge in [0.15, 0.2) is 0 Å². The lowest BCUT2D eigenvalue weighted by Gasteiger charge is -2.30. The normalized spacial score (nSPS) is 12.8. The van der Waals surface area contributed by atoms with Crippen molar-refractivity contribution in [2.45, 2.75) is 25.9 Å². The van der Waals surface area contributed by atoms with Crippen LogP contribution < -0.4 is 14.4 Å². The first-order chi connectivity index (χ1) is 17.7. The molecule has 0 radical (unpaired) electrons. The summed E-state index contributed by atoms with van der Waals surface area (Å²) in [6.07, 6.45) is 1.10. The largest absolute Gasteiger partial charge is 0.457 e. The fourth-order valence-corrected chi connectivity index (χ4v) is 5.30. The summed E-state index contributed by atoms with van der Waals surface area (Å²) in [7, 11) is -3.77. The van der Waals surface area contributed by atoms with E-state index >= 15 is 0 Å². The highest BCUT2D eigenvalue weighted by molar-refractivity contribution is 7.92. The van der Waals surface area contributed by atoms with Gasteiger partial charge in [-0.1, -0.05) is 78.4 Å². The van der Waals surface area contributed by atoms with E-state index in [1.807, 2.05) is 91.9 Å². The molecule has 0 aliphatic carbocycles. The highest BCUT2D eigenvalue weighted by Gasteiger charge is 2.31. The second-order valence-electron chi connectivity index (χ2n) is 8.91. The minimum absolute atomic E-state index is 0.372. The number of benzene rings is 4. The van der Waals surface area contributed by atoms with Gasteiger partial charge in [-0.25, -0.2) is 8.42 Å². The first-order valence-corrected chi connectivity index (χ1v) is 13.8. The molecule has 0 bridgehead atoms. The summed E-state index contributed by atoms with van der Waals surface area (Å²) in [6.45, 7) is 3.59. The molecule has 0 aliphatic heterocycles. The molecule has 0 fully saturated rings. The zero-order chi connectivity index (χ0) is 26.4. The van der Waals surface area contributed by atoms with Gasteiger partial charge in [-0.3, -0.25) is 9.10 Å². The second kappa shape index (κ2) is 11.3. The predicted octanol–water partition coefficient (Wildman–Crippen LogP) is 5.85. The average molecular weight is 515 g/mol. The SMILES string of the molecule is Cc1ccc([C@@H](NC(=O)[C@H](C)N(c2ccc(Oc3ccccc3)cc2)S(C)(=O)=O)c2ccccc2)cc1. The summed E-state index contributed by atoms with van der Waals surface area (Å²) in [5.41, 5.74) is 3.29. The molecular weight excluding hydrogens is 484 g/mol. The minimum atomic E-state index is -3.77. The predicted molar refractivity (Wildman–Crippen MR) is 147 cm³/mol. The van der Waals surface area contributed by atoms with Gasteiger partial charge < -0.3 is 10.1 Å². The molecule has 0 aromatic heterocycles. The molecule has 7 heteroatoms. The van der Waals surface area contributed by atoms with Crippen LogP contribution in [-0.2, 0) is 14.8 Å². The number of aryl methyl sites for hydroxylation is 1. The second-order valence-corrected chi connectivity index (χ2v) is 10.8. The highest BCUT2D eigenvalue weighted by atomic mass is 32.2. The molecule has 2 atom stereocenters. The Morgan fingerprint density at radius 2 is 1.27 bits per heavy atom. The molecule has 4 aromatic rings. The van der Waals surface area contributed by atoms with E-state index in [2.05, 4.69) is 5.32 Å². The minimum Gasteiger partial charge on any atom is -0.457 e. The van der Waals surface area contributed by atoms with Crippen LogP contribution in [0.2, 0.25) is 0 Å². The summed E-state index contributed by atoms with van der Waals surface area (Å²) in [6, 6.07) is 32.1. The van der Waals surface area contributed by atoms with Gasteiger partial charge in [0, 0.05) is 0 Å². The van der Waals surface area contributed by atoms with Crippen LogP contribution in [0.5, 0.6) is 11.5 Å². The van der Waals surface area contributed by atoms with Crippen molar-refractivity contribution in [2.75, 3.05) is 10.6 Å². The van der Waals surface area contributed by atoms with E-state index in [4.69, 9.17) is 4.74 Å². The Hall–Kier alpha value is -4.10. The van der Waals surface area contributed by atoms with Crippen molar-refractivity contribution in [3.05, 3.63) is 126 Å². The third-order valence-corrected chi connectivity index (χ3v) is 7.23. The molecule has 1 amide bonds. The maximum atomic E-state index is 13.5. The van der Waals surface area contributed by atoms with E-state index < -0.39 is 28.0 Å². The lowest BCUT2D eigenvalue weighted by molar-refractivity contribution is -0.122. The van der Waals surface area contributed by atoms with Crippen LogP contribution in [0, 0.1) is 6.92 Å². The Morgan fingerprint density at radius 1 is 0.757 bits per heavy atom. The van der Waals surface area contributed by atoms with Crippen molar-refractivity contribution in [3.63, 3.8) is 0 Å². The highest BCUT2D eigenvalue weighted by Crippen LogP contribution is 2.28. The quantitative estimate of drug-likeness (QED) is 0.304. The number of sulfonamides is 1. The van der Waals surface area contributed by atoms with Gasteiger partial charge in [0.25, 0.3) is 0 Å². The summed E-state index contributed by atoms with van der Waals surface area (Å²) in [5.74, 6) is 0.819. The van der Waals surface area contributed by atoms with Gasteiger partial charge in [0.05, 0.1) is 18.0 Å². The van der Waals surface area contributed by atoms with Crippen molar-refractivity contribution in [1.29, 1.82) is 0 Å². The van der Waals surface area contributed by atoms with E-state index in [-0.39, 0.29) is 0 Å². The van der Waals surface area contributed by atoms with Crippen molar-refractivity contribution in [1.82, 2.24) is 5.32 Å². The van der Waals surface area contributed by atoms with E-state index in [1.54, 1.807) is 31.2 Å². The molecule has 190 valence electrons. The molecule has 37 heavy (non-hydrogen) atoms. The number of hydrogen-bond donors (Lipinski definition) is 1. The monoisotopic (exact) mass is 514 g/mol. The number of hydrogen-bond acceptors (Lipinski definition) is 4. The van der Waals surface area contributed by atoms with Crippen LogP contribution in [0.4, 0.5) is 5.69 Å². The number of carbonyl (C=O) groups excluding carboxylic acids is 1. The van der Waals surface area contributed by atoms with Gasteiger partial charge in [-0.05, 0) is 61.4 Å². The number of amides is 1. The summed E-state index contributed by atoms with van der Waals surface area (Å²) >= 11 is 0. The van der Waals surface area contributed by atoms with Crippen LogP contribution in [-0.4, -0.2) is 26.6 Å². The zero-order valence-corrected chi connectivity index (χ0v) is 21.9. The molecule has 0 heterocycles. The lowest BCUT2D eigenvalue weighted by Crippen LogP contribution is -2.48. The van der Waals surface area contributed by atoms with Crippen LogP contribution in [0.15, 0.2) is 109 Å². The van der Waals surface area contributed by atoms with Crippen LogP contribution >= 0.6 is 0 Å². The number of carbonyl (C=O) groups is 1. The Kier molecular flexibility index (Phi) is 7.94. The molecule has 0 spiro atoms. The van der Waals surface area contributed by atoms with Crippen LogP contribution in [0.1, 0.15) is 29.7 Å². The third kappa shape index (κ3) is 6.57. The number of nitrogens with one attached hydrogen (secondary N) is 1. The van der Waals surface area contributed by atoms with Gasteiger partial charge in [0.1, 0.15) is 17.5 Å². The standard InChI is InChI=1S/C30H30N2O4S/c1-22-14-16-25(17-15-22)29(24-10-6-4-7-11-24)31-30(33)23(2)32(37(3,34)35)26-18-20-28(21-19-26)36-27-12-8-5-9-13-27/h4-21,23,29H,1-3H3,(H,31,33)/t23-,29-/m0/s1. The number of rotatable bonds is 9. The maximum Gasteiger partial charge on any atom is 0.244 e. The summed E-state index contributed by atoms with van der Waals surface area (Å²) in [5, 5.41) is 3.07. The van der Waals surface area contributed by atoms with E-state index in [1.165, 1.54) is 0 Å².